The maximum absolute atomic E-state index is 12.7. The van der Waals surface area contributed by atoms with Gasteiger partial charge in [-0.1, -0.05) is 49.4 Å². The molecule has 0 bridgehead atoms. The minimum Gasteiger partial charge on any atom is -0.468 e. The highest BCUT2D eigenvalue weighted by Gasteiger charge is 2.13. The first-order valence-corrected chi connectivity index (χ1v) is 10.1. The summed E-state index contributed by atoms with van der Waals surface area (Å²) in [6.07, 6.45) is 0.893. The van der Waals surface area contributed by atoms with Crippen molar-refractivity contribution < 1.29 is 14.3 Å². The number of nitrogens with zero attached hydrogens (tertiary/aromatic N) is 1. The molecule has 0 radical (unpaired) electrons. The molecule has 0 aliphatic carbocycles. The highest BCUT2D eigenvalue weighted by Crippen LogP contribution is 2.17. The third-order valence-electron chi connectivity index (χ3n) is 3.89. The van der Waals surface area contributed by atoms with Crippen LogP contribution in [-0.4, -0.2) is 36.3 Å². The third kappa shape index (κ3) is 7.35. The fourth-order valence-electron chi connectivity index (χ4n) is 2.58. The Morgan fingerprint density at radius 2 is 1.81 bits per heavy atom. The summed E-state index contributed by atoms with van der Waals surface area (Å²) in [7, 11) is 1.39. The number of carbonyl (C=O) groups is 2. The number of ether oxygens (including phenoxy) is 1. The van der Waals surface area contributed by atoms with E-state index < -0.39 is 0 Å². The lowest BCUT2D eigenvalue weighted by Gasteiger charge is -2.23. The highest BCUT2D eigenvalue weighted by atomic mass is 32.2. The molecule has 0 saturated heterocycles. The highest BCUT2D eigenvalue weighted by molar-refractivity contribution is 7.99. The van der Waals surface area contributed by atoms with E-state index in [0.29, 0.717) is 24.6 Å². The zero-order chi connectivity index (χ0) is 19.5. The number of esters is 1. The van der Waals surface area contributed by atoms with Crippen molar-refractivity contribution in [2.45, 2.75) is 25.6 Å². The monoisotopic (exact) mass is 386 g/mol. The van der Waals surface area contributed by atoms with Crippen LogP contribution in [0.1, 0.15) is 24.5 Å². The van der Waals surface area contributed by atoms with Gasteiger partial charge in [-0.05, 0) is 29.7 Å². The first kappa shape index (κ1) is 20.8. The average Bonchev–Trinajstić information content (AvgIpc) is 2.68. The van der Waals surface area contributed by atoms with E-state index in [0.717, 1.165) is 23.2 Å². The van der Waals surface area contributed by atoms with Crippen molar-refractivity contribution >= 4 is 29.4 Å². The molecule has 2 amide bonds. The number of urea groups is 1. The van der Waals surface area contributed by atoms with E-state index in [1.165, 1.54) is 18.9 Å². The zero-order valence-electron chi connectivity index (χ0n) is 15.8. The van der Waals surface area contributed by atoms with Gasteiger partial charge in [0.1, 0.15) is 0 Å². The number of hydrogen-bond donors (Lipinski definition) is 1. The van der Waals surface area contributed by atoms with Crippen molar-refractivity contribution in [2.75, 3.05) is 24.7 Å². The van der Waals surface area contributed by atoms with Gasteiger partial charge in [-0.3, -0.25) is 4.79 Å². The first-order valence-electron chi connectivity index (χ1n) is 8.95. The van der Waals surface area contributed by atoms with Crippen molar-refractivity contribution in [3.8, 4) is 0 Å². The van der Waals surface area contributed by atoms with Gasteiger partial charge in [0.05, 0.1) is 12.9 Å². The molecule has 0 spiro atoms. The Balaban J connectivity index is 1.96. The summed E-state index contributed by atoms with van der Waals surface area (Å²) in [4.78, 5) is 25.7. The molecule has 144 valence electrons. The Hall–Kier alpha value is -2.47. The molecule has 27 heavy (non-hydrogen) atoms. The molecule has 6 heteroatoms. The van der Waals surface area contributed by atoms with Crippen LogP contribution in [0.15, 0.2) is 54.6 Å². The smallest absolute Gasteiger partial charge is 0.322 e. The van der Waals surface area contributed by atoms with E-state index in [4.69, 9.17) is 0 Å². The first-order chi connectivity index (χ1) is 13.1. The molecule has 5 nitrogen and oxygen atoms in total. The summed E-state index contributed by atoms with van der Waals surface area (Å²) in [5, 5.41) is 2.98. The Labute approximate surface area is 165 Å². The van der Waals surface area contributed by atoms with Gasteiger partial charge in [0.25, 0.3) is 0 Å². The quantitative estimate of drug-likeness (QED) is 0.643. The normalized spacial score (nSPS) is 10.3. The third-order valence-corrected chi connectivity index (χ3v) is 4.87. The fraction of sp³-hybridized carbons (Fsp3) is 0.333. The van der Waals surface area contributed by atoms with Gasteiger partial charge in [-0.2, -0.15) is 0 Å². The molecule has 1 N–H and O–H groups in total. The number of nitrogens with one attached hydrogen (secondary N) is 1. The minimum atomic E-state index is -0.236. The Kier molecular flexibility index (Phi) is 8.71. The number of anilines is 1. The van der Waals surface area contributed by atoms with Crippen LogP contribution in [0.5, 0.6) is 0 Å². The van der Waals surface area contributed by atoms with Crippen LogP contribution in [0.3, 0.4) is 0 Å². The predicted molar refractivity (Wildman–Crippen MR) is 111 cm³/mol. The fourth-order valence-corrected chi connectivity index (χ4v) is 3.38. The second-order valence-electron chi connectivity index (χ2n) is 6.11. The molecule has 0 unspecified atom stereocenters. The van der Waals surface area contributed by atoms with Gasteiger partial charge in [-0.25, -0.2) is 4.79 Å². The summed E-state index contributed by atoms with van der Waals surface area (Å²) < 4.78 is 4.64. The lowest BCUT2D eigenvalue weighted by molar-refractivity contribution is -0.137. The van der Waals surface area contributed by atoms with Crippen LogP contribution in [0.4, 0.5) is 10.5 Å². The molecule has 0 atom stereocenters. The van der Waals surface area contributed by atoms with Gasteiger partial charge in [0.15, 0.2) is 0 Å². The van der Waals surface area contributed by atoms with Gasteiger partial charge in [0.2, 0.25) is 0 Å². The summed E-state index contributed by atoms with van der Waals surface area (Å²) in [6, 6.07) is 17.6. The molecular formula is C21H26N2O3S. The molecule has 0 fully saturated rings. The van der Waals surface area contributed by atoms with Crippen LogP contribution >= 0.6 is 11.8 Å². The van der Waals surface area contributed by atoms with Gasteiger partial charge in [-0.15, -0.1) is 11.8 Å². The maximum atomic E-state index is 12.7. The van der Waals surface area contributed by atoms with Crippen molar-refractivity contribution in [3.05, 3.63) is 65.7 Å². The van der Waals surface area contributed by atoms with E-state index in [-0.39, 0.29) is 12.0 Å². The van der Waals surface area contributed by atoms with Gasteiger partial charge >= 0.3 is 12.0 Å². The second-order valence-corrected chi connectivity index (χ2v) is 7.09. The van der Waals surface area contributed by atoms with E-state index in [1.807, 2.05) is 59.5 Å². The van der Waals surface area contributed by atoms with Crippen LogP contribution in [-0.2, 0) is 21.8 Å². The number of rotatable bonds is 9. The number of methoxy groups -OCH3 is 1. The number of amides is 2. The summed E-state index contributed by atoms with van der Waals surface area (Å²) in [6.45, 7) is 3.33. The molecule has 0 saturated carbocycles. The van der Waals surface area contributed by atoms with Crippen LogP contribution < -0.4 is 5.32 Å². The topological polar surface area (TPSA) is 58.6 Å². The summed E-state index contributed by atoms with van der Waals surface area (Å²) in [5.41, 5.74) is 2.91. The zero-order valence-corrected chi connectivity index (χ0v) is 16.6. The molecular weight excluding hydrogens is 360 g/mol. The van der Waals surface area contributed by atoms with E-state index >= 15 is 0 Å². The van der Waals surface area contributed by atoms with Crippen molar-refractivity contribution in [3.63, 3.8) is 0 Å². The molecule has 2 aromatic carbocycles. The second kappa shape index (κ2) is 11.3. The standard InChI is InChI=1S/C21H26N2O3S/c1-3-12-23(14-17-8-5-4-6-9-17)21(25)22-19-11-7-10-18(13-19)15-27-16-20(24)26-2/h4-11,13H,3,12,14-16H2,1-2H3,(H,22,25). The number of hydrogen-bond acceptors (Lipinski definition) is 4. The SMILES string of the molecule is CCCN(Cc1ccccc1)C(=O)Nc1cccc(CSCC(=O)OC)c1. The van der Waals surface area contributed by atoms with Crippen LogP contribution in [0.2, 0.25) is 0 Å². The van der Waals surface area contributed by atoms with E-state index in [2.05, 4.69) is 17.0 Å². The Bertz CT molecular complexity index is 737. The lowest BCUT2D eigenvalue weighted by Crippen LogP contribution is -2.35. The summed E-state index contributed by atoms with van der Waals surface area (Å²) >= 11 is 1.49. The molecule has 0 heterocycles. The largest absolute Gasteiger partial charge is 0.468 e. The summed E-state index contributed by atoms with van der Waals surface area (Å²) in [5.74, 6) is 0.760. The molecule has 0 aliphatic heterocycles. The maximum Gasteiger partial charge on any atom is 0.322 e. The van der Waals surface area contributed by atoms with Crippen LogP contribution in [0, 0.1) is 0 Å². The van der Waals surface area contributed by atoms with E-state index in [1.54, 1.807) is 0 Å². The molecule has 2 rings (SSSR count). The number of benzene rings is 2. The van der Waals surface area contributed by atoms with Crippen molar-refractivity contribution in [2.24, 2.45) is 0 Å². The lowest BCUT2D eigenvalue weighted by atomic mass is 10.2. The number of carbonyl (C=O) groups excluding carboxylic acids is 2. The minimum absolute atomic E-state index is 0.111. The van der Waals surface area contributed by atoms with Crippen molar-refractivity contribution in [1.29, 1.82) is 0 Å². The van der Waals surface area contributed by atoms with Crippen LogP contribution in [0.25, 0.3) is 0 Å². The van der Waals surface area contributed by atoms with E-state index in [9.17, 15) is 9.59 Å². The molecule has 2 aromatic rings. The average molecular weight is 387 g/mol. The Morgan fingerprint density at radius 1 is 1.07 bits per heavy atom. The molecule has 0 aromatic heterocycles. The van der Waals surface area contributed by atoms with Gasteiger partial charge in [0, 0.05) is 24.5 Å². The van der Waals surface area contributed by atoms with Crippen molar-refractivity contribution in [1.82, 2.24) is 4.90 Å². The molecule has 0 aliphatic rings. The number of thioether (sulfide) groups is 1. The van der Waals surface area contributed by atoms with Gasteiger partial charge < -0.3 is 15.0 Å². The predicted octanol–water partition coefficient (Wildman–Crippen LogP) is 4.54. The Morgan fingerprint density at radius 3 is 2.52 bits per heavy atom.